The summed E-state index contributed by atoms with van der Waals surface area (Å²) in [5.74, 6) is 1.02. The van der Waals surface area contributed by atoms with E-state index in [0.717, 1.165) is 16.6 Å². The normalized spacial score (nSPS) is 10.9. The van der Waals surface area contributed by atoms with E-state index in [0.29, 0.717) is 40.1 Å². The molecule has 0 saturated heterocycles. The number of carbonyl (C=O) groups is 1. The van der Waals surface area contributed by atoms with Crippen LogP contribution in [0.4, 0.5) is 5.69 Å². The zero-order valence-electron chi connectivity index (χ0n) is 16.7. The summed E-state index contributed by atoms with van der Waals surface area (Å²) in [7, 11) is 1.53. The topological polar surface area (TPSA) is 66.0 Å². The summed E-state index contributed by atoms with van der Waals surface area (Å²) in [6, 6.07) is 18.3. The number of nitrogens with two attached hydrogens (primary N) is 1. The van der Waals surface area contributed by atoms with Gasteiger partial charge in [-0.3, -0.25) is 4.79 Å². The second-order valence-electron chi connectivity index (χ2n) is 6.96. The number of aromatic nitrogens is 1. The summed E-state index contributed by atoms with van der Waals surface area (Å²) in [4.78, 5) is 13.4. The number of nitrogens with zero attached hydrogens (tertiary/aromatic N) is 1. The van der Waals surface area contributed by atoms with Crippen LogP contribution in [0.5, 0.6) is 11.5 Å². The van der Waals surface area contributed by atoms with Crippen LogP contribution in [0.2, 0.25) is 5.02 Å². The van der Waals surface area contributed by atoms with Crippen molar-refractivity contribution in [2.24, 2.45) is 0 Å². The van der Waals surface area contributed by atoms with Crippen LogP contribution in [0.15, 0.2) is 66.9 Å². The molecule has 0 unspecified atom stereocenters. The first-order valence-corrected chi connectivity index (χ1v) is 9.82. The molecular weight excluding hydrogens is 400 g/mol. The van der Waals surface area contributed by atoms with E-state index in [1.165, 1.54) is 7.11 Å². The number of ketones is 1. The van der Waals surface area contributed by atoms with Crippen LogP contribution in [0, 0.1) is 6.92 Å². The third-order valence-electron chi connectivity index (χ3n) is 5.04. The van der Waals surface area contributed by atoms with Crippen molar-refractivity contribution in [1.29, 1.82) is 0 Å². The number of methoxy groups -OCH3 is 1. The van der Waals surface area contributed by atoms with Gasteiger partial charge in [-0.25, -0.2) is 0 Å². The Kier molecular flexibility index (Phi) is 5.38. The molecule has 2 aromatic carbocycles. The molecular formula is C24H21ClN2O3. The van der Waals surface area contributed by atoms with E-state index < -0.39 is 0 Å². The Morgan fingerprint density at radius 2 is 1.87 bits per heavy atom. The van der Waals surface area contributed by atoms with Gasteiger partial charge in [0.25, 0.3) is 0 Å². The Morgan fingerprint density at radius 1 is 1.10 bits per heavy atom. The summed E-state index contributed by atoms with van der Waals surface area (Å²) in [6.45, 7) is 2.27. The molecule has 0 atom stereocenters. The fraction of sp³-hybridized carbons (Fsp3) is 0.125. The number of ether oxygens (including phenoxy) is 2. The lowest BCUT2D eigenvalue weighted by Gasteiger charge is -2.08. The van der Waals surface area contributed by atoms with Gasteiger partial charge in [-0.2, -0.15) is 0 Å². The molecule has 0 radical (unpaired) electrons. The monoisotopic (exact) mass is 420 g/mol. The lowest BCUT2D eigenvalue weighted by Crippen LogP contribution is -2.07. The van der Waals surface area contributed by atoms with Gasteiger partial charge >= 0.3 is 0 Å². The Labute approximate surface area is 179 Å². The van der Waals surface area contributed by atoms with Gasteiger partial charge in [-0.05, 0) is 55.0 Å². The number of benzene rings is 2. The van der Waals surface area contributed by atoms with Crippen molar-refractivity contribution < 1.29 is 14.3 Å². The van der Waals surface area contributed by atoms with E-state index in [1.54, 1.807) is 18.2 Å². The van der Waals surface area contributed by atoms with Crippen LogP contribution >= 0.6 is 11.6 Å². The number of fused-ring (bicyclic) bond motifs is 1. The third-order valence-corrected chi connectivity index (χ3v) is 5.29. The van der Waals surface area contributed by atoms with Crippen LogP contribution in [0.3, 0.4) is 0 Å². The van der Waals surface area contributed by atoms with Crippen molar-refractivity contribution >= 4 is 28.6 Å². The van der Waals surface area contributed by atoms with Crippen LogP contribution in [0.1, 0.15) is 27.2 Å². The number of hydrogen-bond acceptors (Lipinski definition) is 4. The highest BCUT2D eigenvalue weighted by molar-refractivity contribution is 6.30. The van der Waals surface area contributed by atoms with Crippen LogP contribution < -0.4 is 15.2 Å². The van der Waals surface area contributed by atoms with Crippen molar-refractivity contribution in [3.63, 3.8) is 0 Å². The SMILES string of the molecule is COc1cc(C(=O)c2c(C)c(OCc3ccc(Cl)cc3)c3ccccn23)ccc1N. The van der Waals surface area contributed by atoms with Gasteiger partial charge in [-0.15, -0.1) is 0 Å². The second kappa shape index (κ2) is 8.13. The molecule has 5 nitrogen and oxygen atoms in total. The maximum Gasteiger partial charge on any atom is 0.210 e. The number of pyridine rings is 1. The number of hydrogen-bond donors (Lipinski definition) is 1. The van der Waals surface area contributed by atoms with Crippen molar-refractivity contribution in [3.8, 4) is 11.5 Å². The molecule has 2 heterocycles. The van der Waals surface area contributed by atoms with Crippen molar-refractivity contribution in [2.75, 3.05) is 12.8 Å². The minimum absolute atomic E-state index is 0.131. The highest BCUT2D eigenvalue weighted by atomic mass is 35.5. The number of anilines is 1. The molecule has 0 aliphatic carbocycles. The molecule has 0 aliphatic rings. The zero-order valence-corrected chi connectivity index (χ0v) is 17.4. The van der Waals surface area contributed by atoms with E-state index in [1.807, 2.05) is 60.0 Å². The van der Waals surface area contributed by atoms with E-state index in [9.17, 15) is 4.79 Å². The van der Waals surface area contributed by atoms with Crippen LogP contribution in [0.25, 0.3) is 5.52 Å². The van der Waals surface area contributed by atoms with Gasteiger partial charge in [0.05, 0.1) is 18.3 Å². The van der Waals surface area contributed by atoms with Gasteiger partial charge < -0.3 is 19.6 Å². The highest BCUT2D eigenvalue weighted by Crippen LogP contribution is 2.33. The average molecular weight is 421 g/mol. The van der Waals surface area contributed by atoms with Gasteiger partial charge in [-0.1, -0.05) is 29.8 Å². The summed E-state index contributed by atoms with van der Waals surface area (Å²) in [6.07, 6.45) is 1.86. The number of halogens is 1. The Hall–Kier alpha value is -3.44. The van der Waals surface area contributed by atoms with Crippen LogP contribution in [-0.2, 0) is 6.61 Å². The first-order chi connectivity index (χ1) is 14.5. The molecule has 4 rings (SSSR count). The first kappa shape index (κ1) is 19.9. The molecule has 6 heteroatoms. The minimum Gasteiger partial charge on any atom is -0.495 e. The molecule has 0 spiro atoms. The fourth-order valence-electron chi connectivity index (χ4n) is 3.49. The maximum absolute atomic E-state index is 13.4. The smallest absolute Gasteiger partial charge is 0.210 e. The largest absolute Gasteiger partial charge is 0.495 e. The minimum atomic E-state index is -0.131. The average Bonchev–Trinajstić information content (AvgIpc) is 3.04. The molecule has 30 heavy (non-hydrogen) atoms. The molecule has 0 amide bonds. The van der Waals surface area contributed by atoms with Crippen LogP contribution in [-0.4, -0.2) is 17.3 Å². The molecule has 0 bridgehead atoms. The highest BCUT2D eigenvalue weighted by Gasteiger charge is 2.23. The molecule has 4 aromatic rings. The standard InChI is InChI=1S/C24H21ClN2O3/c1-15-22(23(28)17-8-11-19(26)21(13-17)29-2)27-12-4-3-5-20(27)24(15)30-14-16-6-9-18(25)10-7-16/h3-13H,14,26H2,1-2H3. The maximum atomic E-state index is 13.4. The summed E-state index contributed by atoms with van der Waals surface area (Å²) in [5, 5.41) is 0.677. The lowest BCUT2D eigenvalue weighted by atomic mass is 10.0. The lowest BCUT2D eigenvalue weighted by molar-refractivity contribution is 0.103. The van der Waals surface area contributed by atoms with E-state index in [4.69, 9.17) is 26.8 Å². The summed E-state index contributed by atoms with van der Waals surface area (Å²) < 4.78 is 13.3. The third kappa shape index (κ3) is 3.60. The zero-order chi connectivity index (χ0) is 21.3. The molecule has 0 saturated carbocycles. The number of carbonyl (C=O) groups excluding carboxylic acids is 1. The quantitative estimate of drug-likeness (QED) is 0.339. The number of rotatable bonds is 6. The van der Waals surface area contributed by atoms with Gasteiger partial charge in [0, 0.05) is 22.3 Å². The summed E-state index contributed by atoms with van der Waals surface area (Å²) in [5.41, 5.74) is 10.0. The number of nitrogen functional groups attached to an aromatic ring is 1. The molecule has 152 valence electrons. The molecule has 2 N–H and O–H groups in total. The second-order valence-corrected chi connectivity index (χ2v) is 7.40. The predicted molar refractivity (Wildman–Crippen MR) is 119 cm³/mol. The van der Waals surface area contributed by atoms with Crippen molar-refractivity contribution in [2.45, 2.75) is 13.5 Å². The fourth-order valence-corrected chi connectivity index (χ4v) is 3.62. The predicted octanol–water partition coefficient (Wildman–Crippen LogP) is 5.30. The Balaban J connectivity index is 1.74. The Bertz CT molecular complexity index is 1230. The van der Waals surface area contributed by atoms with E-state index >= 15 is 0 Å². The molecule has 2 aromatic heterocycles. The van der Waals surface area contributed by atoms with Crippen molar-refractivity contribution in [1.82, 2.24) is 4.40 Å². The molecule has 0 aliphatic heterocycles. The first-order valence-electron chi connectivity index (χ1n) is 9.44. The molecule has 0 fully saturated rings. The van der Waals surface area contributed by atoms with E-state index in [-0.39, 0.29) is 5.78 Å². The van der Waals surface area contributed by atoms with Gasteiger partial charge in [0.1, 0.15) is 23.8 Å². The van der Waals surface area contributed by atoms with Gasteiger partial charge in [0.15, 0.2) is 0 Å². The van der Waals surface area contributed by atoms with Crippen molar-refractivity contribution in [3.05, 3.63) is 94.3 Å². The summed E-state index contributed by atoms with van der Waals surface area (Å²) >= 11 is 5.96. The van der Waals surface area contributed by atoms with Gasteiger partial charge in [0.2, 0.25) is 5.78 Å². The van der Waals surface area contributed by atoms with E-state index in [2.05, 4.69) is 0 Å². The Morgan fingerprint density at radius 3 is 2.60 bits per heavy atom.